The normalized spacial score (nSPS) is 13.2. The van der Waals surface area contributed by atoms with Gasteiger partial charge >= 0.3 is 0 Å². The van der Waals surface area contributed by atoms with Gasteiger partial charge in [0.15, 0.2) is 0 Å². The molecule has 0 aromatic rings. The maximum absolute atomic E-state index is 6.12. The van der Waals surface area contributed by atoms with Crippen molar-refractivity contribution in [2.24, 2.45) is 11.5 Å². The largest absolute Gasteiger partial charge is 0.330 e. The molecule has 0 aliphatic rings. The summed E-state index contributed by atoms with van der Waals surface area (Å²) in [6, 6.07) is 0. The van der Waals surface area contributed by atoms with E-state index in [2.05, 4.69) is 0 Å². The minimum atomic E-state index is 0.351. The van der Waals surface area contributed by atoms with E-state index in [1.165, 1.54) is 19.3 Å². The maximum Gasteiger partial charge on any atom is 0.0336 e. The molecular formula is C10H23ClN2. The highest BCUT2D eigenvalue weighted by molar-refractivity contribution is 6.20. The Morgan fingerprint density at radius 2 is 1.23 bits per heavy atom. The van der Waals surface area contributed by atoms with Gasteiger partial charge in [-0.15, -0.1) is 11.6 Å². The van der Waals surface area contributed by atoms with E-state index in [1.807, 2.05) is 0 Å². The molecule has 0 spiro atoms. The molecule has 1 unspecified atom stereocenters. The van der Waals surface area contributed by atoms with Crippen LogP contribution in [0.2, 0.25) is 0 Å². The number of hydrogen-bond acceptors (Lipinski definition) is 2. The van der Waals surface area contributed by atoms with Crippen molar-refractivity contribution in [3.63, 3.8) is 0 Å². The minimum Gasteiger partial charge on any atom is -0.330 e. The van der Waals surface area contributed by atoms with Crippen LogP contribution in [0.15, 0.2) is 0 Å². The van der Waals surface area contributed by atoms with Crippen LogP contribution in [-0.4, -0.2) is 18.5 Å². The molecule has 1 atom stereocenters. The van der Waals surface area contributed by atoms with Crippen LogP contribution in [0.3, 0.4) is 0 Å². The quantitative estimate of drug-likeness (QED) is 0.449. The van der Waals surface area contributed by atoms with E-state index in [4.69, 9.17) is 23.1 Å². The van der Waals surface area contributed by atoms with Crippen molar-refractivity contribution in [3.8, 4) is 0 Å². The van der Waals surface area contributed by atoms with Gasteiger partial charge in [0.1, 0.15) is 0 Å². The molecule has 80 valence electrons. The summed E-state index contributed by atoms with van der Waals surface area (Å²) < 4.78 is 0. The Morgan fingerprint density at radius 3 is 1.77 bits per heavy atom. The molecule has 0 aliphatic carbocycles. The van der Waals surface area contributed by atoms with Crippen LogP contribution >= 0.6 is 11.6 Å². The van der Waals surface area contributed by atoms with Crippen LogP contribution in [-0.2, 0) is 0 Å². The van der Waals surface area contributed by atoms with Crippen molar-refractivity contribution in [1.82, 2.24) is 0 Å². The van der Waals surface area contributed by atoms with Gasteiger partial charge in [0.05, 0.1) is 0 Å². The fourth-order valence-electron chi connectivity index (χ4n) is 1.34. The molecule has 0 saturated carbocycles. The topological polar surface area (TPSA) is 52.0 Å². The highest BCUT2D eigenvalue weighted by Crippen LogP contribution is 2.14. The highest BCUT2D eigenvalue weighted by atomic mass is 35.5. The summed E-state index contributed by atoms with van der Waals surface area (Å²) in [4.78, 5) is 0. The fourth-order valence-corrected chi connectivity index (χ4v) is 1.65. The summed E-state index contributed by atoms with van der Waals surface area (Å²) in [5.74, 6) is 0. The summed E-state index contributed by atoms with van der Waals surface area (Å²) in [5, 5.41) is 0.351. The van der Waals surface area contributed by atoms with Crippen molar-refractivity contribution in [2.75, 3.05) is 13.1 Å². The standard InChI is InChI=1S/C10H23ClN2/c11-10(7-3-5-9-13)6-2-1-4-8-12/h10H,1-9,12-13H2. The van der Waals surface area contributed by atoms with Gasteiger partial charge in [0.2, 0.25) is 0 Å². The molecular weight excluding hydrogens is 184 g/mol. The summed E-state index contributed by atoms with van der Waals surface area (Å²) in [6.45, 7) is 1.59. The molecule has 3 heteroatoms. The molecule has 0 aliphatic heterocycles. The van der Waals surface area contributed by atoms with E-state index in [9.17, 15) is 0 Å². The smallest absolute Gasteiger partial charge is 0.0336 e. The van der Waals surface area contributed by atoms with E-state index < -0.39 is 0 Å². The fraction of sp³-hybridized carbons (Fsp3) is 1.00. The van der Waals surface area contributed by atoms with Crippen LogP contribution in [0.5, 0.6) is 0 Å². The number of rotatable bonds is 9. The molecule has 0 amide bonds. The lowest BCUT2D eigenvalue weighted by molar-refractivity contribution is 0.578. The van der Waals surface area contributed by atoms with Gasteiger partial charge in [-0.1, -0.05) is 19.3 Å². The Bertz CT molecular complexity index is 98.9. The van der Waals surface area contributed by atoms with Crippen LogP contribution in [0.4, 0.5) is 0 Å². The van der Waals surface area contributed by atoms with Crippen molar-refractivity contribution in [1.29, 1.82) is 0 Å². The minimum absolute atomic E-state index is 0.351. The Kier molecular flexibility index (Phi) is 10.5. The Morgan fingerprint density at radius 1 is 0.769 bits per heavy atom. The van der Waals surface area contributed by atoms with E-state index >= 15 is 0 Å². The first-order valence-corrected chi connectivity index (χ1v) is 5.79. The van der Waals surface area contributed by atoms with Gasteiger partial charge < -0.3 is 11.5 Å². The zero-order chi connectivity index (χ0) is 9.94. The second-order valence-electron chi connectivity index (χ2n) is 3.52. The van der Waals surface area contributed by atoms with Gasteiger partial charge in [0, 0.05) is 5.38 Å². The van der Waals surface area contributed by atoms with Gasteiger partial charge in [-0.3, -0.25) is 0 Å². The summed E-state index contributed by atoms with van der Waals surface area (Å²) >= 11 is 6.12. The summed E-state index contributed by atoms with van der Waals surface area (Å²) in [5.41, 5.74) is 10.8. The molecule has 0 aromatic heterocycles. The second-order valence-corrected chi connectivity index (χ2v) is 4.14. The Balaban J connectivity index is 3.05. The van der Waals surface area contributed by atoms with Crippen molar-refractivity contribution in [2.45, 2.75) is 50.3 Å². The summed E-state index contributed by atoms with van der Waals surface area (Å²) in [6.07, 6.45) is 8.08. The molecule has 0 aromatic carbocycles. The predicted molar refractivity (Wildman–Crippen MR) is 60.1 cm³/mol. The number of nitrogens with two attached hydrogens (primary N) is 2. The lowest BCUT2D eigenvalue weighted by atomic mass is 10.1. The Labute approximate surface area is 87.0 Å². The third kappa shape index (κ3) is 10.1. The molecule has 0 fully saturated rings. The molecule has 0 saturated heterocycles. The lowest BCUT2D eigenvalue weighted by Gasteiger charge is -2.07. The number of unbranched alkanes of at least 4 members (excludes halogenated alkanes) is 3. The third-order valence-electron chi connectivity index (χ3n) is 2.19. The van der Waals surface area contributed by atoms with Crippen LogP contribution in [0.25, 0.3) is 0 Å². The molecule has 0 bridgehead atoms. The molecule has 0 heterocycles. The first kappa shape index (κ1) is 13.2. The Hall–Kier alpha value is 0.210. The zero-order valence-corrected chi connectivity index (χ0v) is 9.23. The first-order valence-electron chi connectivity index (χ1n) is 5.35. The number of hydrogen-bond donors (Lipinski definition) is 2. The maximum atomic E-state index is 6.12. The lowest BCUT2D eigenvalue weighted by Crippen LogP contribution is -2.03. The van der Waals surface area contributed by atoms with E-state index in [0.29, 0.717) is 5.38 Å². The molecule has 0 rings (SSSR count). The average molecular weight is 207 g/mol. The predicted octanol–water partition coefficient (Wildman–Crippen LogP) is 2.24. The van der Waals surface area contributed by atoms with Crippen LogP contribution < -0.4 is 11.5 Å². The van der Waals surface area contributed by atoms with Crippen LogP contribution in [0, 0.1) is 0 Å². The van der Waals surface area contributed by atoms with Gasteiger partial charge in [-0.05, 0) is 38.8 Å². The SMILES string of the molecule is NCCCCCC(Cl)CCCCN. The molecule has 2 nitrogen and oxygen atoms in total. The number of halogens is 1. The summed E-state index contributed by atoms with van der Waals surface area (Å²) in [7, 11) is 0. The zero-order valence-electron chi connectivity index (χ0n) is 8.47. The van der Waals surface area contributed by atoms with E-state index in [0.717, 1.165) is 38.8 Å². The first-order chi connectivity index (χ1) is 6.31. The van der Waals surface area contributed by atoms with Crippen LogP contribution in [0.1, 0.15) is 44.9 Å². The third-order valence-corrected chi connectivity index (χ3v) is 2.63. The average Bonchev–Trinajstić information content (AvgIpc) is 2.13. The monoisotopic (exact) mass is 206 g/mol. The van der Waals surface area contributed by atoms with E-state index in [-0.39, 0.29) is 0 Å². The molecule has 4 N–H and O–H groups in total. The van der Waals surface area contributed by atoms with Gasteiger partial charge in [-0.25, -0.2) is 0 Å². The molecule has 13 heavy (non-hydrogen) atoms. The second kappa shape index (κ2) is 10.3. The number of alkyl halides is 1. The molecule has 0 radical (unpaired) electrons. The van der Waals surface area contributed by atoms with Crippen molar-refractivity contribution >= 4 is 11.6 Å². The van der Waals surface area contributed by atoms with Crippen molar-refractivity contribution < 1.29 is 0 Å². The van der Waals surface area contributed by atoms with Gasteiger partial charge in [0.25, 0.3) is 0 Å². The van der Waals surface area contributed by atoms with E-state index in [1.54, 1.807) is 0 Å². The van der Waals surface area contributed by atoms with Gasteiger partial charge in [-0.2, -0.15) is 0 Å². The highest BCUT2D eigenvalue weighted by Gasteiger charge is 2.02. The van der Waals surface area contributed by atoms with Crippen molar-refractivity contribution in [3.05, 3.63) is 0 Å².